The third-order valence-electron chi connectivity index (χ3n) is 6.14. The van der Waals surface area contributed by atoms with Crippen LogP contribution in [0, 0.1) is 0 Å². The number of anilines is 1. The van der Waals surface area contributed by atoms with Crippen LogP contribution in [0.15, 0.2) is 24.3 Å². The number of nitrogens with one attached hydrogen (secondary N) is 1. The second kappa shape index (κ2) is 7.70. The summed E-state index contributed by atoms with van der Waals surface area (Å²) < 4.78 is 37.6. The molecule has 1 spiro atoms. The number of rotatable bonds is 4. The fraction of sp³-hybridized carbons (Fsp3) is 0.700. The van der Waals surface area contributed by atoms with E-state index in [9.17, 15) is 8.42 Å². The standard InChI is InChI=1S/C20H30N2O4S/c1-16(21-18-6-10-26-20(15-18)7-11-25-12-8-20)17-4-2-5-19(14-17)22-9-3-13-27(22,23)24/h2,4-5,14,16,18,21H,3,6-13,15H2,1H3. The van der Waals surface area contributed by atoms with Crippen molar-refractivity contribution in [2.45, 2.75) is 56.7 Å². The van der Waals surface area contributed by atoms with Gasteiger partial charge in [0.05, 0.1) is 17.0 Å². The molecule has 3 heterocycles. The van der Waals surface area contributed by atoms with Crippen molar-refractivity contribution < 1.29 is 17.9 Å². The topological polar surface area (TPSA) is 67.9 Å². The zero-order valence-corrected chi connectivity index (χ0v) is 16.8. The molecular weight excluding hydrogens is 364 g/mol. The van der Waals surface area contributed by atoms with Gasteiger partial charge >= 0.3 is 0 Å². The summed E-state index contributed by atoms with van der Waals surface area (Å²) in [5.41, 5.74) is 1.88. The second-order valence-corrected chi connectivity index (χ2v) is 10.1. The minimum atomic E-state index is -3.14. The first kappa shape index (κ1) is 19.2. The smallest absolute Gasteiger partial charge is 0.235 e. The highest BCUT2D eigenvalue weighted by Crippen LogP contribution is 2.35. The quantitative estimate of drug-likeness (QED) is 0.850. The Morgan fingerprint density at radius 1 is 1.26 bits per heavy atom. The lowest BCUT2D eigenvalue weighted by Gasteiger charge is -2.44. The first-order valence-corrected chi connectivity index (χ1v) is 11.7. The van der Waals surface area contributed by atoms with Crippen LogP contribution in [0.4, 0.5) is 5.69 Å². The van der Waals surface area contributed by atoms with Crippen molar-refractivity contribution in [1.82, 2.24) is 5.32 Å². The lowest BCUT2D eigenvalue weighted by atomic mass is 9.83. The van der Waals surface area contributed by atoms with Crippen molar-refractivity contribution in [1.29, 1.82) is 0 Å². The van der Waals surface area contributed by atoms with E-state index in [2.05, 4.69) is 18.3 Å². The molecule has 3 saturated heterocycles. The Kier molecular flexibility index (Phi) is 5.47. The van der Waals surface area contributed by atoms with Crippen molar-refractivity contribution >= 4 is 15.7 Å². The highest BCUT2D eigenvalue weighted by atomic mass is 32.2. The first-order valence-electron chi connectivity index (χ1n) is 10.1. The number of sulfonamides is 1. The predicted molar refractivity (Wildman–Crippen MR) is 106 cm³/mol. The molecule has 6 nitrogen and oxygen atoms in total. The molecule has 1 aromatic carbocycles. The van der Waals surface area contributed by atoms with Gasteiger partial charge in [0.15, 0.2) is 0 Å². The fourth-order valence-electron chi connectivity index (χ4n) is 4.59. The van der Waals surface area contributed by atoms with E-state index in [1.165, 1.54) is 0 Å². The van der Waals surface area contributed by atoms with Gasteiger partial charge in [-0.2, -0.15) is 0 Å². The summed E-state index contributed by atoms with van der Waals surface area (Å²) >= 11 is 0. The SMILES string of the molecule is CC(NC1CCOC2(CCOCC2)C1)c1cccc(N2CCCS2(=O)=O)c1. The monoisotopic (exact) mass is 394 g/mol. The van der Waals surface area contributed by atoms with Gasteiger partial charge in [-0.05, 0) is 56.7 Å². The number of benzene rings is 1. The third-order valence-corrected chi connectivity index (χ3v) is 8.01. The lowest BCUT2D eigenvalue weighted by Crippen LogP contribution is -2.50. The minimum Gasteiger partial charge on any atom is -0.381 e. The van der Waals surface area contributed by atoms with Crippen LogP contribution < -0.4 is 9.62 Å². The molecule has 0 saturated carbocycles. The van der Waals surface area contributed by atoms with Crippen LogP contribution in [0.3, 0.4) is 0 Å². The molecule has 0 amide bonds. The van der Waals surface area contributed by atoms with Crippen LogP contribution in [0.2, 0.25) is 0 Å². The van der Waals surface area contributed by atoms with Gasteiger partial charge in [-0.25, -0.2) is 8.42 Å². The van der Waals surface area contributed by atoms with Crippen LogP contribution in [0.5, 0.6) is 0 Å². The zero-order valence-electron chi connectivity index (χ0n) is 16.0. The number of ether oxygens (including phenoxy) is 2. The summed E-state index contributed by atoms with van der Waals surface area (Å²) in [7, 11) is -3.14. The predicted octanol–water partition coefficient (Wildman–Crippen LogP) is 2.61. The van der Waals surface area contributed by atoms with E-state index in [-0.39, 0.29) is 17.4 Å². The lowest BCUT2D eigenvalue weighted by molar-refractivity contribution is -0.140. The van der Waals surface area contributed by atoms with Crippen molar-refractivity contribution in [3.8, 4) is 0 Å². The van der Waals surface area contributed by atoms with E-state index in [0.717, 1.165) is 56.8 Å². The van der Waals surface area contributed by atoms with Crippen molar-refractivity contribution in [3.63, 3.8) is 0 Å². The number of hydrogen-bond acceptors (Lipinski definition) is 5. The van der Waals surface area contributed by atoms with Crippen LogP contribution in [0.1, 0.15) is 50.6 Å². The molecule has 4 rings (SSSR count). The maximum Gasteiger partial charge on any atom is 0.235 e. The van der Waals surface area contributed by atoms with Gasteiger partial charge in [0.25, 0.3) is 0 Å². The minimum absolute atomic E-state index is 0.0284. The molecule has 2 unspecified atom stereocenters. The molecule has 3 fully saturated rings. The molecule has 3 aliphatic rings. The summed E-state index contributed by atoms with van der Waals surface area (Å²) in [6, 6.07) is 8.52. The Bertz CT molecular complexity index is 755. The highest BCUT2D eigenvalue weighted by molar-refractivity contribution is 7.93. The van der Waals surface area contributed by atoms with Gasteiger partial charge in [0, 0.05) is 38.4 Å². The molecule has 1 N–H and O–H groups in total. The van der Waals surface area contributed by atoms with E-state index in [4.69, 9.17) is 9.47 Å². The van der Waals surface area contributed by atoms with Gasteiger partial charge < -0.3 is 14.8 Å². The average molecular weight is 395 g/mol. The summed E-state index contributed by atoms with van der Waals surface area (Å²) in [4.78, 5) is 0. The summed E-state index contributed by atoms with van der Waals surface area (Å²) in [6.07, 6.45) is 4.67. The molecule has 0 aliphatic carbocycles. The van der Waals surface area contributed by atoms with Crippen LogP contribution in [-0.2, 0) is 19.5 Å². The maximum atomic E-state index is 12.2. The summed E-state index contributed by atoms with van der Waals surface area (Å²) in [5, 5.41) is 3.76. The number of hydrogen-bond donors (Lipinski definition) is 1. The largest absolute Gasteiger partial charge is 0.381 e. The van der Waals surface area contributed by atoms with Crippen LogP contribution >= 0.6 is 0 Å². The molecule has 2 atom stereocenters. The van der Waals surface area contributed by atoms with Crippen molar-refractivity contribution in [3.05, 3.63) is 29.8 Å². The van der Waals surface area contributed by atoms with Gasteiger partial charge in [-0.1, -0.05) is 12.1 Å². The van der Waals surface area contributed by atoms with Gasteiger partial charge in [0.1, 0.15) is 0 Å². The van der Waals surface area contributed by atoms with Crippen molar-refractivity contribution in [2.75, 3.05) is 36.4 Å². The van der Waals surface area contributed by atoms with Gasteiger partial charge in [-0.15, -0.1) is 0 Å². The molecule has 7 heteroatoms. The Labute approximate surface area is 162 Å². The molecule has 0 bridgehead atoms. The zero-order chi connectivity index (χ0) is 18.9. The molecule has 1 aromatic rings. The van der Waals surface area contributed by atoms with Crippen LogP contribution in [0.25, 0.3) is 0 Å². The summed E-state index contributed by atoms with van der Waals surface area (Å²) in [5.74, 6) is 0.249. The number of nitrogens with zero attached hydrogens (tertiary/aromatic N) is 1. The van der Waals surface area contributed by atoms with Crippen LogP contribution in [-0.4, -0.2) is 52.2 Å². The summed E-state index contributed by atoms with van der Waals surface area (Å²) in [6.45, 7) is 5.10. The molecule has 0 aromatic heterocycles. The fourth-order valence-corrected chi connectivity index (χ4v) is 6.15. The maximum absolute atomic E-state index is 12.2. The van der Waals surface area contributed by atoms with E-state index < -0.39 is 10.0 Å². The second-order valence-electron chi connectivity index (χ2n) is 8.06. The molecule has 27 heavy (non-hydrogen) atoms. The third kappa shape index (κ3) is 4.16. The van der Waals surface area contributed by atoms with E-state index in [1.807, 2.05) is 18.2 Å². The van der Waals surface area contributed by atoms with E-state index >= 15 is 0 Å². The normalized spacial score (nSPS) is 28.3. The average Bonchev–Trinajstić information content (AvgIpc) is 3.02. The molecule has 3 aliphatic heterocycles. The molecule has 0 radical (unpaired) electrons. The first-order chi connectivity index (χ1) is 13.0. The Morgan fingerprint density at radius 2 is 2.07 bits per heavy atom. The van der Waals surface area contributed by atoms with Gasteiger partial charge in [0.2, 0.25) is 10.0 Å². The Hall–Kier alpha value is -1.15. The molecule has 150 valence electrons. The Balaban J connectivity index is 1.44. The van der Waals surface area contributed by atoms with E-state index in [0.29, 0.717) is 19.0 Å². The highest BCUT2D eigenvalue weighted by Gasteiger charge is 2.39. The van der Waals surface area contributed by atoms with E-state index in [1.54, 1.807) is 4.31 Å². The molecular formula is C20H30N2O4S. The van der Waals surface area contributed by atoms with Crippen molar-refractivity contribution in [2.24, 2.45) is 0 Å². The van der Waals surface area contributed by atoms with Gasteiger partial charge in [-0.3, -0.25) is 4.31 Å². The Morgan fingerprint density at radius 3 is 2.81 bits per heavy atom.